The second kappa shape index (κ2) is 6.49. The summed E-state index contributed by atoms with van der Waals surface area (Å²) in [7, 11) is 0. The van der Waals surface area contributed by atoms with E-state index in [2.05, 4.69) is 15.9 Å². The molecular weight excluding hydrogens is 440 g/mol. The number of halogens is 9. The van der Waals surface area contributed by atoms with Crippen molar-refractivity contribution in [3.63, 3.8) is 0 Å². The number of aliphatic hydroxyl groups is 1. The Kier molecular flexibility index (Phi) is 5.15. The molecule has 2 aromatic carbocycles. The monoisotopic (exact) mass is 448 g/mol. The largest absolute Gasteiger partial charge is 0.457 e. The summed E-state index contributed by atoms with van der Waals surface area (Å²) in [5.41, 5.74) is -8.76. The van der Waals surface area contributed by atoms with Crippen molar-refractivity contribution in [2.24, 2.45) is 0 Å². The summed E-state index contributed by atoms with van der Waals surface area (Å²) in [6.45, 7) is 0. The molecule has 0 spiro atoms. The number of hydrogen-bond donors (Lipinski definition) is 1. The van der Waals surface area contributed by atoms with Crippen molar-refractivity contribution >= 4 is 15.9 Å². The molecule has 2 rings (SSSR count). The van der Waals surface area contributed by atoms with E-state index in [9.17, 15) is 40.2 Å². The van der Waals surface area contributed by atoms with Gasteiger partial charge in [-0.15, -0.1) is 0 Å². The molecule has 0 aliphatic rings. The highest BCUT2D eigenvalue weighted by Crippen LogP contribution is 2.54. The number of rotatable bonds is 3. The van der Waals surface area contributed by atoms with E-state index in [1.54, 1.807) is 0 Å². The maximum absolute atomic E-state index is 14.3. The molecule has 1 nitrogen and oxygen atoms in total. The predicted octanol–water partition coefficient (Wildman–Crippen LogP) is 5.90. The van der Waals surface area contributed by atoms with Crippen molar-refractivity contribution in [1.29, 1.82) is 0 Å². The van der Waals surface area contributed by atoms with Gasteiger partial charge in [0.05, 0.1) is 5.56 Å². The Bertz CT molecular complexity index is 799. The lowest BCUT2D eigenvalue weighted by Crippen LogP contribution is -2.56. The fourth-order valence-corrected chi connectivity index (χ4v) is 2.87. The normalized spacial score (nSPS) is 15.6. The van der Waals surface area contributed by atoms with E-state index in [4.69, 9.17) is 0 Å². The van der Waals surface area contributed by atoms with Gasteiger partial charge in [-0.2, -0.15) is 35.1 Å². The summed E-state index contributed by atoms with van der Waals surface area (Å²) < 4.78 is 107. The lowest BCUT2D eigenvalue weighted by atomic mass is 9.78. The summed E-state index contributed by atoms with van der Waals surface area (Å²) >= 11 is 2.84. The molecule has 0 heterocycles. The zero-order valence-corrected chi connectivity index (χ0v) is 14.1. The van der Waals surface area contributed by atoms with E-state index in [0.717, 1.165) is 18.2 Å². The summed E-state index contributed by atoms with van der Waals surface area (Å²) in [5.74, 6) is -5.91. The van der Waals surface area contributed by atoms with Gasteiger partial charge in [0.15, 0.2) is 5.60 Å². The minimum Gasteiger partial charge on any atom is -0.374 e. The van der Waals surface area contributed by atoms with E-state index in [-0.39, 0.29) is 4.47 Å². The Hall–Kier alpha value is -1.68. The number of benzene rings is 2. The molecule has 0 saturated carbocycles. The Morgan fingerprint density at radius 3 is 1.73 bits per heavy atom. The first-order valence-electron chi connectivity index (χ1n) is 6.82. The van der Waals surface area contributed by atoms with Crippen molar-refractivity contribution in [2.75, 3.05) is 0 Å². The van der Waals surface area contributed by atoms with Crippen molar-refractivity contribution in [3.8, 4) is 0 Å². The highest BCUT2D eigenvalue weighted by atomic mass is 79.9. The number of alkyl halides is 8. The topological polar surface area (TPSA) is 20.2 Å². The molecule has 0 aromatic heterocycles. The summed E-state index contributed by atoms with van der Waals surface area (Å²) in [4.78, 5) is 0. The zero-order chi connectivity index (χ0) is 20.0. The van der Waals surface area contributed by atoms with Crippen LogP contribution in [0.25, 0.3) is 0 Å². The highest BCUT2D eigenvalue weighted by molar-refractivity contribution is 9.10. The van der Waals surface area contributed by atoms with Gasteiger partial charge in [0.25, 0.3) is 0 Å². The van der Waals surface area contributed by atoms with Crippen molar-refractivity contribution in [1.82, 2.24) is 0 Å². The second-order valence-corrected chi connectivity index (χ2v) is 6.25. The SMILES string of the molecule is OC(c1cccc(Br)c1)(c1ccccc1C(F)(F)F)C(F)(F)C(F)(F)F. The first-order chi connectivity index (χ1) is 11.7. The van der Waals surface area contributed by atoms with Gasteiger partial charge in [-0.1, -0.05) is 46.3 Å². The Labute approximate surface area is 150 Å². The average Bonchev–Trinajstić information content (AvgIpc) is 2.52. The van der Waals surface area contributed by atoms with Crippen LogP contribution < -0.4 is 0 Å². The molecule has 10 heteroatoms. The molecule has 0 saturated heterocycles. The van der Waals surface area contributed by atoms with Crippen molar-refractivity contribution in [2.45, 2.75) is 23.9 Å². The van der Waals surface area contributed by atoms with Gasteiger partial charge in [-0.3, -0.25) is 0 Å². The smallest absolute Gasteiger partial charge is 0.374 e. The van der Waals surface area contributed by atoms with Gasteiger partial charge in [0.2, 0.25) is 0 Å². The quantitative estimate of drug-likeness (QED) is 0.579. The number of hydrogen-bond acceptors (Lipinski definition) is 1. The van der Waals surface area contributed by atoms with Gasteiger partial charge in [0, 0.05) is 10.0 Å². The van der Waals surface area contributed by atoms with Crippen LogP contribution in [-0.4, -0.2) is 17.2 Å². The molecule has 0 amide bonds. The van der Waals surface area contributed by atoms with Gasteiger partial charge in [0.1, 0.15) is 0 Å². The van der Waals surface area contributed by atoms with Crippen LogP contribution in [-0.2, 0) is 11.8 Å². The molecule has 1 unspecified atom stereocenters. The third kappa shape index (κ3) is 3.32. The maximum Gasteiger partial charge on any atom is 0.457 e. The minimum absolute atomic E-state index is 0.00381. The summed E-state index contributed by atoms with van der Waals surface area (Å²) in [5, 5.41) is 10.5. The molecule has 1 atom stereocenters. The lowest BCUT2D eigenvalue weighted by Gasteiger charge is -2.38. The van der Waals surface area contributed by atoms with Crippen molar-refractivity contribution in [3.05, 3.63) is 69.7 Å². The Morgan fingerprint density at radius 2 is 1.27 bits per heavy atom. The molecule has 0 bridgehead atoms. The van der Waals surface area contributed by atoms with Crippen LogP contribution in [0.4, 0.5) is 35.1 Å². The first kappa shape index (κ1) is 20.6. The summed E-state index contributed by atoms with van der Waals surface area (Å²) in [6, 6.07) is 6.04. The van der Waals surface area contributed by atoms with Crippen LogP contribution >= 0.6 is 15.9 Å². The fraction of sp³-hybridized carbons (Fsp3) is 0.250. The standard InChI is InChI=1S/C16H9BrF8O/c17-10-5-3-4-9(8-10)13(26,15(21,22)16(23,24)25)11-6-1-2-7-12(11)14(18,19)20/h1-8,26H. The molecule has 2 aromatic rings. The van der Waals surface area contributed by atoms with Gasteiger partial charge in [-0.25, -0.2) is 0 Å². The molecule has 0 radical (unpaired) electrons. The molecular formula is C16H9BrF8O. The average molecular weight is 449 g/mol. The molecule has 0 aliphatic heterocycles. The van der Waals surface area contributed by atoms with E-state index >= 15 is 0 Å². The molecule has 0 aliphatic carbocycles. The zero-order valence-electron chi connectivity index (χ0n) is 12.5. The third-order valence-electron chi connectivity index (χ3n) is 3.68. The molecule has 0 fully saturated rings. The summed E-state index contributed by atoms with van der Waals surface area (Å²) in [6.07, 6.45) is -11.6. The fourth-order valence-electron chi connectivity index (χ4n) is 2.47. The van der Waals surface area contributed by atoms with Crippen LogP contribution in [0, 0.1) is 0 Å². The van der Waals surface area contributed by atoms with Crippen LogP contribution in [0.15, 0.2) is 53.0 Å². The lowest BCUT2D eigenvalue weighted by molar-refractivity contribution is -0.337. The predicted molar refractivity (Wildman–Crippen MR) is 79.6 cm³/mol. The van der Waals surface area contributed by atoms with Crippen LogP contribution in [0.2, 0.25) is 0 Å². The Morgan fingerprint density at radius 1 is 0.731 bits per heavy atom. The van der Waals surface area contributed by atoms with E-state index < -0.39 is 40.6 Å². The van der Waals surface area contributed by atoms with Crippen LogP contribution in [0.1, 0.15) is 16.7 Å². The van der Waals surface area contributed by atoms with Gasteiger partial charge >= 0.3 is 18.3 Å². The van der Waals surface area contributed by atoms with Crippen molar-refractivity contribution < 1.29 is 40.2 Å². The maximum atomic E-state index is 14.3. The van der Waals surface area contributed by atoms with E-state index in [1.165, 1.54) is 6.07 Å². The highest BCUT2D eigenvalue weighted by Gasteiger charge is 2.72. The molecule has 26 heavy (non-hydrogen) atoms. The second-order valence-electron chi connectivity index (χ2n) is 5.34. The van der Waals surface area contributed by atoms with E-state index in [0.29, 0.717) is 24.3 Å². The third-order valence-corrected chi connectivity index (χ3v) is 4.17. The van der Waals surface area contributed by atoms with Gasteiger partial charge in [-0.05, 0) is 23.8 Å². The van der Waals surface area contributed by atoms with Crippen LogP contribution in [0.3, 0.4) is 0 Å². The van der Waals surface area contributed by atoms with Crippen LogP contribution in [0.5, 0.6) is 0 Å². The minimum atomic E-state index is -6.32. The first-order valence-corrected chi connectivity index (χ1v) is 7.62. The van der Waals surface area contributed by atoms with Gasteiger partial charge < -0.3 is 5.11 Å². The molecule has 1 N–H and O–H groups in total. The molecule has 142 valence electrons. The van der Waals surface area contributed by atoms with E-state index in [1.807, 2.05) is 0 Å². The Balaban J connectivity index is 2.93.